The summed E-state index contributed by atoms with van der Waals surface area (Å²) in [5.74, 6) is 0.402. The molecule has 0 fully saturated rings. The van der Waals surface area contributed by atoms with Gasteiger partial charge in [-0.2, -0.15) is 0 Å². The molecule has 150 valence electrons. The third-order valence-corrected chi connectivity index (χ3v) is 4.82. The molecule has 0 saturated heterocycles. The van der Waals surface area contributed by atoms with Crippen LogP contribution in [0.1, 0.15) is 19.4 Å². The smallest absolute Gasteiger partial charge is 0.261 e. The van der Waals surface area contributed by atoms with Crippen molar-refractivity contribution in [2.45, 2.75) is 25.9 Å². The Hall–Kier alpha value is -3.42. The molecule has 8 heteroatoms. The van der Waals surface area contributed by atoms with Crippen molar-refractivity contribution in [3.8, 4) is 11.5 Å². The number of fused-ring (bicyclic) bond motifs is 2. The van der Waals surface area contributed by atoms with Crippen LogP contribution in [0.3, 0.4) is 0 Å². The Kier molecular flexibility index (Phi) is 4.70. The van der Waals surface area contributed by atoms with Crippen LogP contribution < -0.4 is 20.3 Å². The Morgan fingerprint density at radius 3 is 2.72 bits per heavy atom. The van der Waals surface area contributed by atoms with Crippen LogP contribution in [0.4, 0.5) is 4.39 Å². The van der Waals surface area contributed by atoms with Gasteiger partial charge in [-0.1, -0.05) is 6.07 Å². The molecule has 0 atom stereocenters. The van der Waals surface area contributed by atoms with Crippen molar-refractivity contribution in [1.82, 2.24) is 14.9 Å². The van der Waals surface area contributed by atoms with E-state index in [0.29, 0.717) is 30.2 Å². The number of amides is 1. The number of hydrogen-bond acceptors (Lipinski definition) is 5. The minimum Gasteiger partial charge on any atom is -0.486 e. The van der Waals surface area contributed by atoms with Crippen LogP contribution in [0.5, 0.6) is 11.5 Å². The van der Waals surface area contributed by atoms with Gasteiger partial charge in [0, 0.05) is 0 Å². The normalized spacial score (nSPS) is 13.3. The first kappa shape index (κ1) is 18.9. The molecule has 0 spiro atoms. The molecule has 29 heavy (non-hydrogen) atoms. The molecule has 4 rings (SSSR count). The van der Waals surface area contributed by atoms with Gasteiger partial charge in [0.15, 0.2) is 11.5 Å². The Morgan fingerprint density at radius 2 is 1.93 bits per heavy atom. The van der Waals surface area contributed by atoms with Crippen LogP contribution in [0, 0.1) is 5.82 Å². The lowest BCUT2D eigenvalue weighted by Gasteiger charge is -2.29. The maximum absolute atomic E-state index is 13.5. The van der Waals surface area contributed by atoms with E-state index in [1.54, 1.807) is 0 Å². The lowest BCUT2D eigenvalue weighted by molar-refractivity contribution is -0.123. The molecule has 0 unspecified atom stereocenters. The average molecular weight is 397 g/mol. The lowest BCUT2D eigenvalue weighted by atomic mass is 9.93. The summed E-state index contributed by atoms with van der Waals surface area (Å²) < 4.78 is 25.8. The van der Waals surface area contributed by atoms with Gasteiger partial charge >= 0.3 is 0 Å². The second-order valence-electron chi connectivity index (χ2n) is 7.37. The number of carbonyl (C=O) groups excluding carboxylic acids is 1. The highest BCUT2D eigenvalue weighted by Gasteiger charge is 2.25. The Labute approximate surface area is 166 Å². The fraction of sp³-hybridized carbons (Fsp3) is 0.286. The molecule has 2 heterocycles. The second kappa shape index (κ2) is 7.20. The first-order valence-corrected chi connectivity index (χ1v) is 9.19. The fourth-order valence-corrected chi connectivity index (χ4v) is 3.29. The maximum atomic E-state index is 13.5. The summed E-state index contributed by atoms with van der Waals surface area (Å²) in [5.41, 5.74) is 0.0278. The molecule has 0 radical (unpaired) electrons. The molecule has 1 aromatic heterocycles. The van der Waals surface area contributed by atoms with Gasteiger partial charge in [-0.25, -0.2) is 9.37 Å². The van der Waals surface area contributed by atoms with E-state index in [1.807, 2.05) is 32.0 Å². The molecule has 7 nitrogen and oxygen atoms in total. The van der Waals surface area contributed by atoms with Crippen molar-refractivity contribution in [1.29, 1.82) is 0 Å². The minimum absolute atomic E-state index is 0.131. The first-order chi connectivity index (χ1) is 13.8. The van der Waals surface area contributed by atoms with Crippen molar-refractivity contribution in [2.75, 3.05) is 13.2 Å². The number of nitrogens with one attached hydrogen (secondary N) is 1. The van der Waals surface area contributed by atoms with Gasteiger partial charge in [-0.05, 0) is 49.7 Å². The fourth-order valence-electron chi connectivity index (χ4n) is 3.29. The third kappa shape index (κ3) is 3.78. The van der Waals surface area contributed by atoms with Crippen molar-refractivity contribution in [3.63, 3.8) is 0 Å². The Balaban J connectivity index is 1.54. The van der Waals surface area contributed by atoms with E-state index in [9.17, 15) is 14.0 Å². The first-order valence-electron chi connectivity index (χ1n) is 9.19. The van der Waals surface area contributed by atoms with Gasteiger partial charge < -0.3 is 14.8 Å². The summed E-state index contributed by atoms with van der Waals surface area (Å²) in [6.07, 6.45) is 1.29. The molecule has 1 aliphatic rings. The van der Waals surface area contributed by atoms with E-state index in [0.717, 1.165) is 16.2 Å². The second-order valence-corrected chi connectivity index (χ2v) is 7.37. The van der Waals surface area contributed by atoms with E-state index >= 15 is 0 Å². The molecule has 3 aromatic rings. The highest BCUT2D eigenvalue weighted by Crippen LogP contribution is 2.34. The van der Waals surface area contributed by atoms with Crippen LogP contribution in [-0.4, -0.2) is 28.7 Å². The van der Waals surface area contributed by atoms with Crippen LogP contribution in [0.25, 0.3) is 10.9 Å². The van der Waals surface area contributed by atoms with E-state index in [1.165, 1.54) is 18.5 Å². The molecule has 0 aliphatic carbocycles. The van der Waals surface area contributed by atoms with Gasteiger partial charge in [0.2, 0.25) is 5.91 Å². The molecular formula is C21H20FN3O4. The molecule has 1 amide bonds. The quantitative estimate of drug-likeness (QED) is 0.731. The monoisotopic (exact) mass is 397 g/mol. The summed E-state index contributed by atoms with van der Waals surface area (Å²) >= 11 is 0. The van der Waals surface area contributed by atoms with Crippen molar-refractivity contribution >= 4 is 16.8 Å². The lowest BCUT2D eigenvalue weighted by Crippen LogP contribution is -2.43. The summed E-state index contributed by atoms with van der Waals surface area (Å²) in [7, 11) is 0. The average Bonchev–Trinajstić information content (AvgIpc) is 2.69. The van der Waals surface area contributed by atoms with E-state index < -0.39 is 16.9 Å². The molecule has 0 saturated carbocycles. The van der Waals surface area contributed by atoms with Crippen molar-refractivity contribution in [2.24, 2.45) is 0 Å². The van der Waals surface area contributed by atoms with Gasteiger partial charge in [0.1, 0.15) is 25.6 Å². The van der Waals surface area contributed by atoms with Crippen molar-refractivity contribution < 1.29 is 18.7 Å². The van der Waals surface area contributed by atoms with Crippen LogP contribution in [-0.2, 0) is 16.9 Å². The number of carbonyl (C=O) groups is 1. The predicted octanol–water partition coefficient (Wildman–Crippen LogP) is 2.36. The summed E-state index contributed by atoms with van der Waals surface area (Å²) in [6, 6.07) is 9.30. The Bertz CT molecular complexity index is 1160. The number of ether oxygens (including phenoxy) is 2. The number of halogens is 1. The summed E-state index contributed by atoms with van der Waals surface area (Å²) in [6.45, 7) is 4.46. The van der Waals surface area contributed by atoms with Crippen LogP contribution in [0.2, 0.25) is 0 Å². The molecular weight excluding hydrogens is 377 g/mol. The molecule has 2 aromatic carbocycles. The number of aromatic nitrogens is 2. The number of rotatable bonds is 4. The molecule has 1 N–H and O–H groups in total. The van der Waals surface area contributed by atoms with E-state index in [-0.39, 0.29) is 17.8 Å². The van der Waals surface area contributed by atoms with Gasteiger partial charge in [-0.3, -0.25) is 14.2 Å². The van der Waals surface area contributed by atoms with E-state index in [2.05, 4.69) is 10.3 Å². The zero-order chi connectivity index (χ0) is 20.6. The zero-order valence-corrected chi connectivity index (χ0v) is 16.1. The maximum Gasteiger partial charge on any atom is 0.261 e. The zero-order valence-electron chi connectivity index (χ0n) is 16.1. The molecule has 1 aliphatic heterocycles. The van der Waals surface area contributed by atoms with Crippen molar-refractivity contribution in [3.05, 3.63) is 64.5 Å². The predicted molar refractivity (Wildman–Crippen MR) is 105 cm³/mol. The van der Waals surface area contributed by atoms with Gasteiger partial charge in [-0.15, -0.1) is 0 Å². The van der Waals surface area contributed by atoms with Crippen LogP contribution >= 0.6 is 0 Å². The highest BCUT2D eigenvalue weighted by atomic mass is 19.1. The minimum atomic E-state index is -0.715. The van der Waals surface area contributed by atoms with Gasteiger partial charge in [0.25, 0.3) is 5.56 Å². The largest absolute Gasteiger partial charge is 0.486 e. The number of benzene rings is 2. The molecule has 0 bridgehead atoms. The third-order valence-electron chi connectivity index (χ3n) is 4.82. The van der Waals surface area contributed by atoms with Crippen LogP contribution in [0.15, 0.2) is 47.5 Å². The van der Waals surface area contributed by atoms with Gasteiger partial charge in [0.05, 0.1) is 22.8 Å². The summed E-state index contributed by atoms with van der Waals surface area (Å²) in [4.78, 5) is 29.3. The standard InChI is InChI=1S/C21H20FN3O4/c1-21(2,13-3-6-17-18(9-13)29-8-7-28-17)24-19(26)11-25-12-23-16-5-4-14(22)10-15(16)20(25)27/h3-6,9-10,12H,7-8,11H2,1-2H3,(H,24,26). The summed E-state index contributed by atoms with van der Waals surface area (Å²) in [5, 5.41) is 3.05. The Morgan fingerprint density at radius 1 is 1.17 bits per heavy atom. The van der Waals surface area contributed by atoms with E-state index in [4.69, 9.17) is 9.47 Å². The number of nitrogens with zero attached hydrogens (tertiary/aromatic N) is 2. The number of hydrogen-bond donors (Lipinski definition) is 1. The SMILES string of the molecule is CC(C)(NC(=O)Cn1cnc2ccc(F)cc2c1=O)c1ccc2c(c1)OCCO2. The topological polar surface area (TPSA) is 82.5 Å². The highest BCUT2D eigenvalue weighted by molar-refractivity contribution is 5.79.